The molecule has 2 heterocycles. The lowest BCUT2D eigenvalue weighted by atomic mass is 10.0. The minimum Gasteiger partial charge on any atom is -0.395 e. The Morgan fingerprint density at radius 3 is 2.69 bits per heavy atom. The summed E-state index contributed by atoms with van der Waals surface area (Å²) in [5.41, 5.74) is 0. The van der Waals surface area contributed by atoms with Crippen LogP contribution < -0.4 is 5.32 Å². The molecule has 2 rings (SSSR count). The first-order valence-corrected chi connectivity index (χ1v) is 5.49. The first-order chi connectivity index (χ1) is 6.42. The van der Waals surface area contributed by atoms with E-state index in [1.165, 1.54) is 32.2 Å². The second-order valence-corrected chi connectivity index (χ2v) is 4.20. The van der Waals surface area contributed by atoms with Gasteiger partial charge >= 0.3 is 0 Å². The molecule has 0 radical (unpaired) electrons. The highest BCUT2D eigenvalue weighted by atomic mass is 16.3. The smallest absolute Gasteiger partial charge is 0.0586 e. The van der Waals surface area contributed by atoms with Crippen molar-refractivity contribution in [1.82, 2.24) is 10.2 Å². The lowest BCUT2D eigenvalue weighted by molar-refractivity contribution is 0.102. The van der Waals surface area contributed by atoms with Crippen molar-refractivity contribution >= 4 is 0 Å². The third kappa shape index (κ3) is 2.03. The van der Waals surface area contributed by atoms with Crippen LogP contribution in [0.1, 0.15) is 25.7 Å². The number of piperidine rings is 1. The fourth-order valence-electron chi connectivity index (χ4n) is 2.67. The quantitative estimate of drug-likeness (QED) is 0.643. The van der Waals surface area contributed by atoms with Gasteiger partial charge < -0.3 is 10.4 Å². The van der Waals surface area contributed by atoms with E-state index in [9.17, 15) is 5.11 Å². The van der Waals surface area contributed by atoms with Gasteiger partial charge in [0, 0.05) is 12.1 Å². The van der Waals surface area contributed by atoms with Crippen molar-refractivity contribution in [2.75, 3.05) is 26.2 Å². The summed E-state index contributed by atoms with van der Waals surface area (Å²) in [6, 6.07) is 1.20. The molecule has 0 amide bonds. The molecule has 0 unspecified atom stereocenters. The number of likely N-dealkylation sites (tertiary alicyclic amines) is 1. The van der Waals surface area contributed by atoms with Gasteiger partial charge in [0.05, 0.1) is 6.61 Å². The average molecular weight is 184 g/mol. The normalized spacial score (nSPS) is 32.5. The summed E-state index contributed by atoms with van der Waals surface area (Å²) in [7, 11) is 0. The molecule has 0 saturated carbocycles. The highest BCUT2D eigenvalue weighted by molar-refractivity contribution is 4.86. The van der Waals surface area contributed by atoms with Crippen LogP contribution >= 0.6 is 0 Å². The predicted octanol–water partition coefficient (Wildman–Crippen LogP) is 0.195. The zero-order valence-corrected chi connectivity index (χ0v) is 8.21. The van der Waals surface area contributed by atoms with Crippen molar-refractivity contribution in [2.24, 2.45) is 0 Å². The molecule has 13 heavy (non-hydrogen) atoms. The molecule has 76 valence electrons. The minimum absolute atomic E-state index is 0.351. The average Bonchev–Trinajstić information content (AvgIpc) is 2.67. The van der Waals surface area contributed by atoms with Gasteiger partial charge in [0.2, 0.25) is 0 Å². The van der Waals surface area contributed by atoms with Crippen LogP contribution in [-0.4, -0.2) is 48.3 Å². The number of nitrogens with zero attached hydrogens (tertiary/aromatic N) is 1. The van der Waals surface area contributed by atoms with E-state index in [1.807, 2.05) is 0 Å². The van der Waals surface area contributed by atoms with Gasteiger partial charge in [0.1, 0.15) is 0 Å². The van der Waals surface area contributed by atoms with Crippen LogP contribution in [0.5, 0.6) is 0 Å². The molecular weight excluding hydrogens is 164 g/mol. The van der Waals surface area contributed by atoms with Crippen molar-refractivity contribution in [2.45, 2.75) is 37.8 Å². The Morgan fingerprint density at radius 2 is 2.00 bits per heavy atom. The standard InChI is InChI=1S/C10H20N2O/c13-8-10-2-1-7-12(10)9-3-5-11-6-4-9/h9-11,13H,1-8H2/t10-/m1/s1. The molecule has 0 bridgehead atoms. The second kappa shape index (κ2) is 4.40. The largest absolute Gasteiger partial charge is 0.395 e. The molecule has 3 nitrogen and oxygen atoms in total. The SMILES string of the molecule is OC[C@H]1CCCN1C1CCNCC1. The zero-order valence-electron chi connectivity index (χ0n) is 8.21. The van der Waals surface area contributed by atoms with E-state index >= 15 is 0 Å². The van der Waals surface area contributed by atoms with Crippen molar-refractivity contribution in [3.8, 4) is 0 Å². The first kappa shape index (κ1) is 9.44. The van der Waals surface area contributed by atoms with E-state index in [-0.39, 0.29) is 0 Å². The maximum absolute atomic E-state index is 9.21. The first-order valence-electron chi connectivity index (χ1n) is 5.49. The van der Waals surface area contributed by atoms with Crippen LogP contribution in [0.2, 0.25) is 0 Å². The fraction of sp³-hybridized carbons (Fsp3) is 1.00. The van der Waals surface area contributed by atoms with Crippen molar-refractivity contribution < 1.29 is 5.11 Å². The van der Waals surface area contributed by atoms with Gasteiger partial charge in [-0.15, -0.1) is 0 Å². The summed E-state index contributed by atoms with van der Waals surface area (Å²) in [5, 5.41) is 12.6. The summed E-state index contributed by atoms with van der Waals surface area (Å²) in [6.45, 7) is 3.86. The Kier molecular flexibility index (Phi) is 3.19. The van der Waals surface area contributed by atoms with Crippen LogP contribution in [0.15, 0.2) is 0 Å². The van der Waals surface area contributed by atoms with Gasteiger partial charge in [-0.2, -0.15) is 0 Å². The molecule has 0 aromatic heterocycles. The second-order valence-electron chi connectivity index (χ2n) is 4.20. The molecule has 0 aromatic carbocycles. The van der Waals surface area contributed by atoms with Gasteiger partial charge in [0.15, 0.2) is 0 Å². The maximum atomic E-state index is 9.21. The summed E-state index contributed by atoms with van der Waals surface area (Å²) in [4.78, 5) is 2.53. The lowest BCUT2D eigenvalue weighted by Gasteiger charge is -2.35. The molecule has 2 aliphatic heterocycles. The van der Waals surface area contributed by atoms with E-state index in [0.717, 1.165) is 19.1 Å². The van der Waals surface area contributed by atoms with Crippen LogP contribution in [0, 0.1) is 0 Å². The Labute approximate surface area is 80.1 Å². The van der Waals surface area contributed by atoms with Crippen LogP contribution in [0.4, 0.5) is 0 Å². The topological polar surface area (TPSA) is 35.5 Å². The van der Waals surface area contributed by atoms with Crippen LogP contribution in [0.3, 0.4) is 0 Å². The third-order valence-electron chi connectivity index (χ3n) is 3.41. The van der Waals surface area contributed by atoms with E-state index in [1.54, 1.807) is 0 Å². The summed E-state index contributed by atoms with van der Waals surface area (Å²) in [6.07, 6.45) is 4.99. The number of hydrogen-bond acceptors (Lipinski definition) is 3. The van der Waals surface area contributed by atoms with Crippen molar-refractivity contribution in [3.63, 3.8) is 0 Å². The van der Waals surface area contributed by atoms with E-state index in [0.29, 0.717) is 12.6 Å². The number of rotatable bonds is 2. The Bertz CT molecular complexity index is 157. The number of aliphatic hydroxyl groups is 1. The monoisotopic (exact) mass is 184 g/mol. The molecule has 0 aromatic rings. The molecular formula is C10H20N2O. The summed E-state index contributed by atoms with van der Waals surface area (Å²) >= 11 is 0. The molecule has 3 heteroatoms. The molecule has 2 fully saturated rings. The van der Waals surface area contributed by atoms with Crippen LogP contribution in [0.25, 0.3) is 0 Å². The maximum Gasteiger partial charge on any atom is 0.0586 e. The summed E-state index contributed by atoms with van der Waals surface area (Å²) in [5.74, 6) is 0. The molecule has 1 atom stereocenters. The number of hydrogen-bond donors (Lipinski definition) is 2. The molecule has 0 spiro atoms. The minimum atomic E-state index is 0.351. The molecule has 2 saturated heterocycles. The summed E-state index contributed by atoms with van der Waals surface area (Å²) < 4.78 is 0. The van der Waals surface area contributed by atoms with Crippen LogP contribution in [-0.2, 0) is 0 Å². The van der Waals surface area contributed by atoms with E-state index in [2.05, 4.69) is 10.2 Å². The third-order valence-corrected chi connectivity index (χ3v) is 3.41. The van der Waals surface area contributed by atoms with E-state index in [4.69, 9.17) is 0 Å². The van der Waals surface area contributed by atoms with Crippen molar-refractivity contribution in [1.29, 1.82) is 0 Å². The van der Waals surface area contributed by atoms with Gasteiger partial charge in [0.25, 0.3) is 0 Å². The highest BCUT2D eigenvalue weighted by Gasteiger charge is 2.30. The Morgan fingerprint density at radius 1 is 1.23 bits per heavy atom. The number of nitrogens with one attached hydrogen (secondary N) is 1. The molecule has 0 aliphatic carbocycles. The highest BCUT2D eigenvalue weighted by Crippen LogP contribution is 2.23. The molecule has 2 N–H and O–H groups in total. The van der Waals surface area contributed by atoms with Gasteiger partial charge in [-0.1, -0.05) is 0 Å². The van der Waals surface area contributed by atoms with Gasteiger partial charge in [-0.25, -0.2) is 0 Å². The zero-order chi connectivity index (χ0) is 9.10. The molecule has 2 aliphatic rings. The van der Waals surface area contributed by atoms with E-state index < -0.39 is 0 Å². The Balaban J connectivity index is 1.90. The predicted molar refractivity (Wildman–Crippen MR) is 52.7 cm³/mol. The fourth-order valence-corrected chi connectivity index (χ4v) is 2.67. The Hall–Kier alpha value is -0.120. The lowest BCUT2D eigenvalue weighted by Crippen LogP contribution is -2.46. The van der Waals surface area contributed by atoms with Gasteiger partial charge in [-0.05, 0) is 45.3 Å². The van der Waals surface area contributed by atoms with Crippen molar-refractivity contribution in [3.05, 3.63) is 0 Å². The number of aliphatic hydroxyl groups excluding tert-OH is 1. The van der Waals surface area contributed by atoms with Gasteiger partial charge in [-0.3, -0.25) is 4.90 Å².